The summed E-state index contributed by atoms with van der Waals surface area (Å²) in [6.07, 6.45) is 6.62. The zero-order valence-corrected chi connectivity index (χ0v) is 9.54. The Balaban J connectivity index is 1.98. The van der Waals surface area contributed by atoms with Crippen LogP contribution in [0.25, 0.3) is 0 Å². The molecule has 15 heavy (non-hydrogen) atoms. The maximum Gasteiger partial charge on any atom is 0.0964 e. The zero-order chi connectivity index (χ0) is 10.7. The number of hydrogen-bond acceptors (Lipinski definition) is 4. The second-order valence-corrected chi connectivity index (χ2v) is 5.29. The molecule has 1 saturated carbocycles. The Morgan fingerprint density at radius 1 is 1.27 bits per heavy atom. The van der Waals surface area contributed by atoms with E-state index in [4.69, 9.17) is 11.5 Å². The van der Waals surface area contributed by atoms with Gasteiger partial charge in [-0.15, -0.1) is 11.8 Å². The van der Waals surface area contributed by atoms with Crippen molar-refractivity contribution in [2.24, 2.45) is 5.73 Å². The molecule has 2 atom stereocenters. The lowest BCUT2D eigenvalue weighted by molar-refractivity contribution is 0.453. The van der Waals surface area contributed by atoms with Crippen molar-refractivity contribution in [3.8, 4) is 0 Å². The number of nitrogen functional groups attached to an aromatic ring is 1. The number of rotatable bonds is 2. The third kappa shape index (κ3) is 2.86. The SMILES string of the molecule is Nc1ccc(SC2CCCCC2N)nc1. The first-order valence-corrected chi connectivity index (χ1v) is 6.27. The number of hydrogen-bond donors (Lipinski definition) is 2. The predicted octanol–water partition coefficient (Wildman–Crippen LogP) is 2.03. The molecule has 0 bridgehead atoms. The van der Waals surface area contributed by atoms with Crippen LogP contribution in [0.3, 0.4) is 0 Å². The van der Waals surface area contributed by atoms with E-state index in [0.717, 1.165) is 11.4 Å². The molecule has 0 aromatic carbocycles. The van der Waals surface area contributed by atoms with Gasteiger partial charge in [0.25, 0.3) is 0 Å². The van der Waals surface area contributed by atoms with E-state index in [1.165, 1.54) is 19.3 Å². The minimum Gasteiger partial charge on any atom is -0.397 e. The molecule has 1 aromatic heterocycles. The number of anilines is 1. The lowest BCUT2D eigenvalue weighted by Crippen LogP contribution is -2.35. The number of thioether (sulfide) groups is 1. The van der Waals surface area contributed by atoms with Gasteiger partial charge in [-0.1, -0.05) is 12.8 Å². The van der Waals surface area contributed by atoms with Crippen molar-refractivity contribution in [2.75, 3.05) is 5.73 Å². The summed E-state index contributed by atoms with van der Waals surface area (Å²) < 4.78 is 0. The summed E-state index contributed by atoms with van der Waals surface area (Å²) in [6.45, 7) is 0. The summed E-state index contributed by atoms with van der Waals surface area (Å²) in [5, 5.41) is 1.56. The monoisotopic (exact) mass is 223 g/mol. The predicted molar refractivity (Wildman–Crippen MR) is 64.7 cm³/mol. The van der Waals surface area contributed by atoms with E-state index in [0.29, 0.717) is 17.0 Å². The quantitative estimate of drug-likeness (QED) is 0.805. The summed E-state index contributed by atoms with van der Waals surface area (Å²) in [5.41, 5.74) is 12.4. The molecule has 4 heteroatoms. The van der Waals surface area contributed by atoms with E-state index >= 15 is 0 Å². The zero-order valence-electron chi connectivity index (χ0n) is 8.73. The Morgan fingerprint density at radius 3 is 2.73 bits per heavy atom. The van der Waals surface area contributed by atoms with Crippen LogP contribution in [0.4, 0.5) is 5.69 Å². The Bertz CT molecular complexity index is 312. The molecular formula is C11H17N3S. The largest absolute Gasteiger partial charge is 0.397 e. The summed E-state index contributed by atoms with van der Waals surface area (Å²) in [6, 6.07) is 4.19. The maximum atomic E-state index is 6.08. The smallest absolute Gasteiger partial charge is 0.0964 e. The molecule has 1 fully saturated rings. The first-order valence-electron chi connectivity index (χ1n) is 5.39. The molecule has 0 spiro atoms. The molecule has 2 rings (SSSR count). The number of nitrogens with zero attached hydrogens (tertiary/aromatic N) is 1. The highest BCUT2D eigenvalue weighted by Crippen LogP contribution is 2.32. The number of nitrogens with two attached hydrogens (primary N) is 2. The van der Waals surface area contributed by atoms with Crippen LogP contribution in [0, 0.1) is 0 Å². The van der Waals surface area contributed by atoms with Crippen molar-refractivity contribution in [1.29, 1.82) is 0 Å². The first-order chi connectivity index (χ1) is 7.25. The lowest BCUT2D eigenvalue weighted by atomic mass is 9.96. The van der Waals surface area contributed by atoms with Gasteiger partial charge in [-0.05, 0) is 25.0 Å². The maximum absolute atomic E-state index is 6.08. The molecule has 0 aliphatic heterocycles. The average Bonchev–Trinajstić information content (AvgIpc) is 2.25. The van der Waals surface area contributed by atoms with Crippen LogP contribution in [-0.4, -0.2) is 16.3 Å². The average molecular weight is 223 g/mol. The molecule has 1 heterocycles. The van der Waals surface area contributed by atoms with Gasteiger partial charge in [0.05, 0.1) is 16.9 Å². The molecule has 0 radical (unpaired) electrons. The van der Waals surface area contributed by atoms with Crippen LogP contribution >= 0.6 is 11.8 Å². The van der Waals surface area contributed by atoms with Crippen LogP contribution < -0.4 is 11.5 Å². The third-order valence-corrected chi connectivity index (χ3v) is 4.16. The van der Waals surface area contributed by atoms with Gasteiger partial charge in [0.2, 0.25) is 0 Å². The van der Waals surface area contributed by atoms with Gasteiger partial charge in [0, 0.05) is 11.3 Å². The molecule has 4 N–H and O–H groups in total. The minimum absolute atomic E-state index is 0.322. The van der Waals surface area contributed by atoms with Gasteiger partial charge in [-0.3, -0.25) is 0 Å². The highest BCUT2D eigenvalue weighted by atomic mass is 32.2. The summed E-state index contributed by atoms with van der Waals surface area (Å²) >= 11 is 1.79. The Kier molecular flexibility index (Phi) is 3.49. The Labute approximate surface area is 94.6 Å². The van der Waals surface area contributed by atoms with Crippen LogP contribution in [0.15, 0.2) is 23.4 Å². The van der Waals surface area contributed by atoms with Gasteiger partial charge in [0.15, 0.2) is 0 Å². The van der Waals surface area contributed by atoms with Crippen molar-refractivity contribution in [3.05, 3.63) is 18.3 Å². The molecule has 1 aromatic rings. The molecule has 0 saturated heterocycles. The van der Waals surface area contributed by atoms with Gasteiger partial charge in [-0.2, -0.15) is 0 Å². The highest BCUT2D eigenvalue weighted by Gasteiger charge is 2.22. The molecule has 2 unspecified atom stereocenters. The first kappa shape index (κ1) is 10.8. The van der Waals surface area contributed by atoms with Gasteiger partial charge < -0.3 is 11.5 Å². The molecular weight excluding hydrogens is 206 g/mol. The number of aromatic nitrogens is 1. The fraction of sp³-hybridized carbons (Fsp3) is 0.545. The third-order valence-electron chi connectivity index (χ3n) is 2.78. The standard InChI is InChI=1S/C11H17N3S/c12-8-5-6-11(14-7-8)15-10-4-2-1-3-9(10)13/h5-7,9-10H,1-4,12-13H2. The van der Waals surface area contributed by atoms with E-state index in [1.807, 2.05) is 12.1 Å². The minimum atomic E-state index is 0.322. The van der Waals surface area contributed by atoms with Crippen LogP contribution in [0.1, 0.15) is 25.7 Å². The van der Waals surface area contributed by atoms with Crippen molar-refractivity contribution in [2.45, 2.75) is 42.0 Å². The normalized spacial score (nSPS) is 26.5. The van der Waals surface area contributed by atoms with Gasteiger partial charge >= 0.3 is 0 Å². The van der Waals surface area contributed by atoms with Gasteiger partial charge in [-0.25, -0.2) is 4.98 Å². The van der Waals surface area contributed by atoms with E-state index in [2.05, 4.69) is 4.98 Å². The fourth-order valence-corrected chi connectivity index (χ4v) is 3.05. The topological polar surface area (TPSA) is 64.9 Å². The second kappa shape index (κ2) is 4.86. The van der Waals surface area contributed by atoms with Crippen LogP contribution in [0.2, 0.25) is 0 Å². The van der Waals surface area contributed by atoms with Crippen molar-refractivity contribution in [3.63, 3.8) is 0 Å². The van der Waals surface area contributed by atoms with Crippen molar-refractivity contribution >= 4 is 17.4 Å². The Hall–Kier alpha value is -0.740. The molecule has 3 nitrogen and oxygen atoms in total. The van der Waals surface area contributed by atoms with E-state index < -0.39 is 0 Å². The molecule has 82 valence electrons. The summed E-state index contributed by atoms with van der Waals surface area (Å²) in [7, 11) is 0. The number of pyridine rings is 1. The second-order valence-electron chi connectivity index (χ2n) is 4.03. The van der Waals surface area contributed by atoms with E-state index in [9.17, 15) is 0 Å². The van der Waals surface area contributed by atoms with Crippen LogP contribution in [0.5, 0.6) is 0 Å². The highest BCUT2D eigenvalue weighted by molar-refractivity contribution is 7.99. The molecule has 0 amide bonds. The van der Waals surface area contributed by atoms with Crippen molar-refractivity contribution in [1.82, 2.24) is 4.98 Å². The van der Waals surface area contributed by atoms with E-state index in [-0.39, 0.29) is 0 Å². The fourth-order valence-electron chi connectivity index (χ4n) is 1.89. The summed E-state index contributed by atoms with van der Waals surface area (Å²) in [5.74, 6) is 0. The molecule has 1 aliphatic rings. The van der Waals surface area contributed by atoms with Crippen LogP contribution in [-0.2, 0) is 0 Å². The molecule has 1 aliphatic carbocycles. The lowest BCUT2D eigenvalue weighted by Gasteiger charge is -2.27. The van der Waals surface area contributed by atoms with Gasteiger partial charge in [0.1, 0.15) is 0 Å². The summed E-state index contributed by atoms with van der Waals surface area (Å²) in [4.78, 5) is 4.29. The van der Waals surface area contributed by atoms with E-state index in [1.54, 1.807) is 18.0 Å². The van der Waals surface area contributed by atoms with Crippen molar-refractivity contribution < 1.29 is 0 Å². The Morgan fingerprint density at radius 2 is 2.07 bits per heavy atom.